The molecule has 0 amide bonds. The Morgan fingerprint density at radius 1 is 0.900 bits per heavy atom. The van der Waals surface area contributed by atoms with Crippen molar-refractivity contribution < 1.29 is 0 Å². The van der Waals surface area contributed by atoms with Crippen LogP contribution < -0.4 is 0 Å². The number of hydrogen-bond donors (Lipinski definition) is 0. The van der Waals surface area contributed by atoms with Crippen LogP contribution in [0, 0.1) is 11.3 Å². The molecule has 1 spiro atoms. The van der Waals surface area contributed by atoms with E-state index < -0.39 is 0 Å². The van der Waals surface area contributed by atoms with E-state index in [-0.39, 0.29) is 0 Å². The Labute approximate surface area is 125 Å². The van der Waals surface area contributed by atoms with Crippen LogP contribution in [0.5, 0.6) is 0 Å². The summed E-state index contributed by atoms with van der Waals surface area (Å²) in [5.41, 5.74) is 0.701. The fourth-order valence-corrected chi connectivity index (χ4v) is 4.37. The Balaban J connectivity index is 1.35. The monoisotopic (exact) mass is 279 g/mol. The molecule has 3 heteroatoms. The highest BCUT2D eigenvalue weighted by atomic mass is 15.3. The van der Waals surface area contributed by atoms with Crippen LogP contribution in [0.2, 0.25) is 0 Å². The Morgan fingerprint density at radius 2 is 1.45 bits per heavy atom. The zero-order valence-corrected chi connectivity index (χ0v) is 13.9. The highest BCUT2D eigenvalue weighted by Crippen LogP contribution is 2.41. The maximum atomic E-state index is 2.73. The molecule has 3 rings (SSSR count). The van der Waals surface area contributed by atoms with E-state index in [1.807, 2.05) is 0 Å². The molecule has 20 heavy (non-hydrogen) atoms. The zero-order chi connectivity index (χ0) is 14.3. The van der Waals surface area contributed by atoms with Crippen LogP contribution in [0.3, 0.4) is 0 Å². The number of likely N-dealkylation sites (tertiary alicyclic amines) is 3. The summed E-state index contributed by atoms with van der Waals surface area (Å²) in [5.74, 6) is 0.950. The van der Waals surface area contributed by atoms with Crippen molar-refractivity contribution in [1.82, 2.24) is 14.7 Å². The number of hydrogen-bond acceptors (Lipinski definition) is 3. The summed E-state index contributed by atoms with van der Waals surface area (Å²) in [6.07, 6.45) is 2.87. The van der Waals surface area contributed by atoms with Gasteiger partial charge in [0.1, 0.15) is 0 Å². The van der Waals surface area contributed by atoms with Crippen LogP contribution in [0.1, 0.15) is 40.5 Å². The smallest absolute Gasteiger partial charge is 0.00516 e. The van der Waals surface area contributed by atoms with Gasteiger partial charge in [-0.05, 0) is 65.0 Å². The maximum Gasteiger partial charge on any atom is 0.00516 e. The third-order valence-corrected chi connectivity index (χ3v) is 5.94. The fraction of sp³-hybridized carbons (Fsp3) is 1.00. The molecule has 0 aromatic rings. The molecule has 0 saturated carbocycles. The first-order chi connectivity index (χ1) is 9.47. The molecule has 0 aromatic heterocycles. The van der Waals surface area contributed by atoms with Gasteiger partial charge < -0.3 is 14.7 Å². The second kappa shape index (κ2) is 5.58. The van der Waals surface area contributed by atoms with E-state index >= 15 is 0 Å². The average Bonchev–Trinajstić information content (AvgIpc) is 2.30. The minimum Gasteiger partial charge on any atom is -0.302 e. The van der Waals surface area contributed by atoms with Crippen LogP contribution in [-0.2, 0) is 0 Å². The van der Waals surface area contributed by atoms with E-state index in [9.17, 15) is 0 Å². The van der Waals surface area contributed by atoms with Crippen molar-refractivity contribution in [2.45, 2.75) is 52.6 Å². The van der Waals surface area contributed by atoms with Crippen LogP contribution in [0.4, 0.5) is 0 Å². The molecule has 0 unspecified atom stereocenters. The quantitative estimate of drug-likeness (QED) is 0.780. The van der Waals surface area contributed by atoms with Gasteiger partial charge in [0.05, 0.1) is 0 Å². The second-order valence-corrected chi connectivity index (χ2v) is 8.21. The Kier molecular flexibility index (Phi) is 4.13. The molecule has 0 radical (unpaired) electrons. The van der Waals surface area contributed by atoms with Crippen LogP contribution in [0.15, 0.2) is 0 Å². The van der Waals surface area contributed by atoms with E-state index in [0.717, 1.165) is 18.0 Å². The topological polar surface area (TPSA) is 9.72 Å². The molecule has 0 N–H and O–H groups in total. The third-order valence-electron chi connectivity index (χ3n) is 5.94. The summed E-state index contributed by atoms with van der Waals surface area (Å²) in [7, 11) is 0. The van der Waals surface area contributed by atoms with Crippen molar-refractivity contribution in [3.05, 3.63) is 0 Å². The SMILES string of the molecule is CC(C)N1CCC2(CC1)CN(CC1CN(C(C)C)C1)C2. The molecule has 0 bridgehead atoms. The molecule has 0 aliphatic carbocycles. The van der Waals surface area contributed by atoms with Gasteiger partial charge in [-0.15, -0.1) is 0 Å². The lowest BCUT2D eigenvalue weighted by atomic mass is 9.71. The predicted octanol–water partition coefficient (Wildman–Crippen LogP) is 2.13. The Morgan fingerprint density at radius 3 is 1.95 bits per heavy atom. The zero-order valence-electron chi connectivity index (χ0n) is 13.9. The number of piperidine rings is 1. The lowest BCUT2D eigenvalue weighted by Crippen LogP contribution is -2.63. The van der Waals surface area contributed by atoms with Crippen molar-refractivity contribution in [3.8, 4) is 0 Å². The van der Waals surface area contributed by atoms with Gasteiger partial charge in [-0.3, -0.25) is 0 Å². The predicted molar refractivity (Wildman–Crippen MR) is 85.0 cm³/mol. The molecule has 3 heterocycles. The molecule has 3 aliphatic heterocycles. The number of nitrogens with zero attached hydrogens (tertiary/aromatic N) is 3. The first kappa shape index (κ1) is 14.8. The molecule has 3 fully saturated rings. The molecule has 3 saturated heterocycles. The molecule has 3 aliphatic rings. The van der Waals surface area contributed by atoms with Crippen molar-refractivity contribution >= 4 is 0 Å². The van der Waals surface area contributed by atoms with Crippen LogP contribution >= 0.6 is 0 Å². The first-order valence-corrected chi connectivity index (χ1v) is 8.68. The minimum absolute atomic E-state index is 0.701. The second-order valence-electron chi connectivity index (χ2n) is 8.21. The molecule has 0 atom stereocenters. The molecule has 3 nitrogen and oxygen atoms in total. The van der Waals surface area contributed by atoms with Crippen molar-refractivity contribution in [2.75, 3.05) is 45.8 Å². The Bertz CT molecular complexity index is 317. The molecular weight excluding hydrogens is 246 g/mol. The maximum absolute atomic E-state index is 2.73. The summed E-state index contributed by atoms with van der Waals surface area (Å²) in [5, 5.41) is 0. The van der Waals surface area contributed by atoms with Crippen molar-refractivity contribution in [3.63, 3.8) is 0 Å². The number of rotatable bonds is 4. The summed E-state index contributed by atoms with van der Waals surface area (Å²) in [6.45, 7) is 18.8. The lowest BCUT2D eigenvalue weighted by Gasteiger charge is -2.56. The first-order valence-electron chi connectivity index (χ1n) is 8.68. The Hall–Kier alpha value is -0.120. The largest absolute Gasteiger partial charge is 0.302 e. The van der Waals surface area contributed by atoms with Gasteiger partial charge in [0.15, 0.2) is 0 Å². The van der Waals surface area contributed by atoms with Crippen LogP contribution in [-0.4, -0.2) is 72.6 Å². The van der Waals surface area contributed by atoms with Gasteiger partial charge in [0, 0.05) is 44.8 Å². The summed E-state index contributed by atoms with van der Waals surface area (Å²) < 4.78 is 0. The van der Waals surface area contributed by atoms with E-state index in [4.69, 9.17) is 0 Å². The average molecular weight is 279 g/mol. The van der Waals surface area contributed by atoms with E-state index in [2.05, 4.69) is 42.4 Å². The van der Waals surface area contributed by atoms with Crippen LogP contribution in [0.25, 0.3) is 0 Å². The van der Waals surface area contributed by atoms with Gasteiger partial charge >= 0.3 is 0 Å². The normalized spacial score (nSPS) is 29.1. The summed E-state index contributed by atoms with van der Waals surface area (Å²) >= 11 is 0. The van der Waals surface area contributed by atoms with Gasteiger partial charge in [-0.2, -0.15) is 0 Å². The molecule has 0 aromatic carbocycles. The lowest BCUT2D eigenvalue weighted by molar-refractivity contribution is -0.0727. The molecular formula is C17H33N3. The van der Waals surface area contributed by atoms with Gasteiger partial charge in [0.25, 0.3) is 0 Å². The van der Waals surface area contributed by atoms with Gasteiger partial charge in [-0.1, -0.05) is 0 Å². The van der Waals surface area contributed by atoms with Gasteiger partial charge in [0.2, 0.25) is 0 Å². The minimum atomic E-state index is 0.701. The standard InChI is InChI=1S/C17H33N3/c1-14(2)19-7-5-17(6-8-19)12-18(13-17)9-16-10-20(11-16)15(3)4/h14-16H,5-13H2,1-4H3. The van der Waals surface area contributed by atoms with Crippen molar-refractivity contribution in [1.29, 1.82) is 0 Å². The fourth-order valence-electron chi connectivity index (χ4n) is 4.37. The summed E-state index contributed by atoms with van der Waals surface area (Å²) in [4.78, 5) is 7.98. The van der Waals surface area contributed by atoms with E-state index in [1.54, 1.807) is 0 Å². The van der Waals surface area contributed by atoms with Gasteiger partial charge in [-0.25, -0.2) is 0 Å². The van der Waals surface area contributed by atoms with Crippen molar-refractivity contribution in [2.24, 2.45) is 11.3 Å². The van der Waals surface area contributed by atoms with E-state index in [1.165, 1.54) is 58.7 Å². The highest BCUT2D eigenvalue weighted by molar-refractivity contribution is 5.00. The highest BCUT2D eigenvalue weighted by Gasteiger charge is 2.46. The third kappa shape index (κ3) is 2.90. The molecule has 116 valence electrons. The summed E-state index contributed by atoms with van der Waals surface area (Å²) in [6, 6.07) is 1.48. The van der Waals surface area contributed by atoms with E-state index in [0.29, 0.717) is 5.41 Å².